The second-order valence-electron chi connectivity index (χ2n) is 5.91. The van der Waals surface area contributed by atoms with Crippen LogP contribution in [0.1, 0.15) is 16.8 Å². The Morgan fingerprint density at radius 3 is 2.50 bits per heavy atom. The molecule has 1 atom stereocenters. The third kappa shape index (κ3) is 5.70. The van der Waals surface area contributed by atoms with Crippen molar-refractivity contribution in [2.24, 2.45) is 0 Å². The Kier molecular flexibility index (Phi) is 6.60. The van der Waals surface area contributed by atoms with E-state index in [1.807, 2.05) is 0 Å². The number of carbonyl (C=O) groups excluding carboxylic acids is 3. The van der Waals surface area contributed by atoms with Crippen molar-refractivity contribution in [3.05, 3.63) is 34.9 Å². The summed E-state index contributed by atoms with van der Waals surface area (Å²) in [5.74, 6) is -1.78. The Balaban J connectivity index is 1.73. The Morgan fingerprint density at radius 2 is 1.92 bits per heavy atom. The summed E-state index contributed by atoms with van der Waals surface area (Å²) in [6.07, 6.45) is 0.371. The van der Waals surface area contributed by atoms with E-state index in [0.717, 1.165) is 0 Å². The smallest absolute Gasteiger partial charge is 0.325 e. The van der Waals surface area contributed by atoms with Crippen LogP contribution in [0.15, 0.2) is 24.3 Å². The standard InChI is InChI=1S/C16H19ClN2O6S/c1-19(13-6-7-26(23,24)10-13)14(20)9-25-15(21)8-18-16(22)11-2-4-12(17)5-3-11/h2-5,13H,6-10H2,1H3,(H,18,22)/t13-/m0/s1. The number of rotatable bonds is 6. The van der Waals surface area contributed by atoms with Crippen molar-refractivity contribution in [3.8, 4) is 0 Å². The molecule has 142 valence electrons. The van der Waals surface area contributed by atoms with Crippen molar-refractivity contribution in [2.45, 2.75) is 12.5 Å². The fourth-order valence-electron chi connectivity index (χ4n) is 2.44. The molecule has 26 heavy (non-hydrogen) atoms. The van der Waals surface area contributed by atoms with Gasteiger partial charge in [0.1, 0.15) is 6.54 Å². The van der Waals surface area contributed by atoms with Gasteiger partial charge in [-0.05, 0) is 30.7 Å². The van der Waals surface area contributed by atoms with Gasteiger partial charge in [-0.1, -0.05) is 11.6 Å². The number of ether oxygens (including phenoxy) is 1. The molecular formula is C16H19ClN2O6S. The minimum atomic E-state index is -3.11. The molecule has 0 aromatic heterocycles. The first-order valence-corrected chi connectivity index (χ1v) is 10.0. The molecule has 1 aliphatic heterocycles. The number of hydrogen-bond donors (Lipinski definition) is 1. The van der Waals surface area contributed by atoms with Crippen LogP contribution in [0.4, 0.5) is 0 Å². The normalized spacial score (nSPS) is 18.2. The maximum absolute atomic E-state index is 12.0. The monoisotopic (exact) mass is 402 g/mol. The van der Waals surface area contributed by atoms with Gasteiger partial charge >= 0.3 is 5.97 Å². The van der Waals surface area contributed by atoms with E-state index < -0.39 is 46.8 Å². The highest BCUT2D eigenvalue weighted by atomic mass is 35.5. The SMILES string of the molecule is CN(C(=O)COC(=O)CNC(=O)c1ccc(Cl)cc1)[C@H]1CCS(=O)(=O)C1. The molecule has 8 nitrogen and oxygen atoms in total. The first-order valence-electron chi connectivity index (χ1n) is 7.83. The zero-order valence-corrected chi connectivity index (χ0v) is 15.7. The summed E-state index contributed by atoms with van der Waals surface area (Å²) in [6, 6.07) is 5.71. The number of benzene rings is 1. The molecule has 0 unspecified atom stereocenters. The largest absolute Gasteiger partial charge is 0.454 e. The molecule has 1 aliphatic rings. The van der Waals surface area contributed by atoms with Gasteiger partial charge in [0.15, 0.2) is 16.4 Å². The summed E-state index contributed by atoms with van der Waals surface area (Å²) in [7, 11) is -1.63. The van der Waals surface area contributed by atoms with E-state index >= 15 is 0 Å². The van der Waals surface area contributed by atoms with Crippen LogP contribution in [-0.4, -0.2) is 68.8 Å². The number of likely N-dealkylation sites (N-methyl/N-ethyl adjacent to an activating group) is 1. The highest BCUT2D eigenvalue weighted by Crippen LogP contribution is 2.16. The molecular weight excluding hydrogens is 384 g/mol. The van der Waals surface area contributed by atoms with E-state index in [1.165, 1.54) is 24.1 Å². The lowest BCUT2D eigenvalue weighted by Crippen LogP contribution is -2.41. The minimum Gasteiger partial charge on any atom is -0.454 e. The predicted molar refractivity (Wildman–Crippen MR) is 94.6 cm³/mol. The van der Waals surface area contributed by atoms with Crippen LogP contribution < -0.4 is 5.32 Å². The van der Waals surface area contributed by atoms with Crippen LogP contribution in [0.25, 0.3) is 0 Å². The highest BCUT2D eigenvalue weighted by Gasteiger charge is 2.32. The molecule has 0 saturated carbocycles. The molecule has 1 saturated heterocycles. The highest BCUT2D eigenvalue weighted by molar-refractivity contribution is 7.91. The Morgan fingerprint density at radius 1 is 1.27 bits per heavy atom. The van der Waals surface area contributed by atoms with Crippen molar-refractivity contribution < 1.29 is 27.5 Å². The number of carbonyl (C=O) groups is 3. The van der Waals surface area contributed by atoms with Gasteiger partial charge in [0, 0.05) is 23.7 Å². The van der Waals surface area contributed by atoms with Crippen LogP contribution in [0, 0.1) is 0 Å². The van der Waals surface area contributed by atoms with Crippen LogP contribution in [0.3, 0.4) is 0 Å². The average molecular weight is 403 g/mol. The van der Waals surface area contributed by atoms with E-state index in [2.05, 4.69) is 5.32 Å². The van der Waals surface area contributed by atoms with Crippen molar-refractivity contribution >= 4 is 39.2 Å². The summed E-state index contributed by atoms with van der Waals surface area (Å²) in [5, 5.41) is 2.86. The number of amides is 2. The van der Waals surface area contributed by atoms with Crippen LogP contribution in [0.5, 0.6) is 0 Å². The number of halogens is 1. The predicted octanol–water partition coefficient (Wildman–Crippen LogP) is 0.259. The fraction of sp³-hybridized carbons (Fsp3) is 0.438. The zero-order chi connectivity index (χ0) is 19.3. The van der Waals surface area contributed by atoms with Crippen LogP contribution in [-0.2, 0) is 24.2 Å². The van der Waals surface area contributed by atoms with E-state index in [9.17, 15) is 22.8 Å². The number of hydrogen-bond acceptors (Lipinski definition) is 6. The molecule has 0 bridgehead atoms. The lowest BCUT2D eigenvalue weighted by atomic mass is 10.2. The van der Waals surface area contributed by atoms with Gasteiger partial charge in [-0.15, -0.1) is 0 Å². The molecule has 1 aromatic carbocycles. The Labute approximate surface area is 156 Å². The van der Waals surface area contributed by atoms with Crippen molar-refractivity contribution in [2.75, 3.05) is 31.7 Å². The number of nitrogens with zero attached hydrogens (tertiary/aromatic N) is 1. The Hall–Kier alpha value is -2.13. The van der Waals surface area contributed by atoms with Gasteiger partial charge in [0.25, 0.3) is 11.8 Å². The molecule has 1 aromatic rings. The first kappa shape index (κ1) is 20.2. The van der Waals surface area contributed by atoms with Crippen molar-refractivity contribution in [3.63, 3.8) is 0 Å². The van der Waals surface area contributed by atoms with E-state index in [4.69, 9.17) is 16.3 Å². The fourth-order valence-corrected chi connectivity index (χ4v) is 4.34. The van der Waals surface area contributed by atoms with Gasteiger partial charge in [0.2, 0.25) is 0 Å². The molecule has 1 fully saturated rings. The molecule has 2 amide bonds. The number of sulfone groups is 1. The maximum Gasteiger partial charge on any atom is 0.325 e. The van der Waals surface area contributed by atoms with Crippen molar-refractivity contribution in [1.82, 2.24) is 10.2 Å². The quantitative estimate of drug-likeness (QED) is 0.683. The number of esters is 1. The molecule has 1 N–H and O–H groups in total. The van der Waals surface area contributed by atoms with Gasteiger partial charge in [-0.3, -0.25) is 14.4 Å². The molecule has 0 radical (unpaired) electrons. The van der Waals surface area contributed by atoms with Gasteiger partial charge in [-0.2, -0.15) is 0 Å². The molecule has 2 rings (SSSR count). The Bertz CT molecular complexity index is 793. The third-order valence-corrected chi connectivity index (χ3v) is 6.01. The molecule has 1 heterocycles. The zero-order valence-electron chi connectivity index (χ0n) is 14.1. The average Bonchev–Trinajstić information content (AvgIpc) is 2.97. The number of nitrogens with one attached hydrogen (secondary N) is 1. The second-order valence-corrected chi connectivity index (χ2v) is 8.58. The van der Waals surface area contributed by atoms with Gasteiger partial charge in [-0.25, -0.2) is 8.42 Å². The molecule has 0 aliphatic carbocycles. The lowest BCUT2D eigenvalue weighted by molar-refractivity contribution is -0.151. The van der Waals surface area contributed by atoms with Crippen LogP contribution in [0.2, 0.25) is 5.02 Å². The van der Waals surface area contributed by atoms with E-state index in [0.29, 0.717) is 17.0 Å². The van der Waals surface area contributed by atoms with Crippen LogP contribution >= 0.6 is 11.6 Å². The van der Waals surface area contributed by atoms with Gasteiger partial charge < -0.3 is 15.0 Å². The topological polar surface area (TPSA) is 110 Å². The minimum absolute atomic E-state index is 0.0474. The van der Waals surface area contributed by atoms with Crippen molar-refractivity contribution in [1.29, 1.82) is 0 Å². The summed E-state index contributed by atoms with van der Waals surface area (Å²) in [4.78, 5) is 36.8. The van der Waals surface area contributed by atoms with E-state index in [-0.39, 0.29) is 11.5 Å². The summed E-state index contributed by atoms with van der Waals surface area (Å²) in [5.41, 5.74) is 0.334. The third-order valence-electron chi connectivity index (χ3n) is 4.01. The summed E-state index contributed by atoms with van der Waals surface area (Å²) >= 11 is 5.73. The second kappa shape index (κ2) is 8.50. The molecule has 0 spiro atoms. The first-order chi connectivity index (χ1) is 12.2. The lowest BCUT2D eigenvalue weighted by Gasteiger charge is -2.23. The van der Waals surface area contributed by atoms with E-state index in [1.54, 1.807) is 12.1 Å². The molecule has 10 heteroatoms. The van der Waals surface area contributed by atoms with Gasteiger partial charge in [0.05, 0.1) is 11.5 Å². The summed E-state index contributed by atoms with van der Waals surface area (Å²) < 4.78 is 27.7. The summed E-state index contributed by atoms with van der Waals surface area (Å²) in [6.45, 7) is -0.904. The maximum atomic E-state index is 12.0.